The number of hydrogen-bond acceptors (Lipinski definition) is 4. The van der Waals surface area contributed by atoms with E-state index in [9.17, 15) is 9.59 Å². The number of methoxy groups -OCH3 is 1. The second-order valence-electron chi connectivity index (χ2n) is 8.17. The van der Waals surface area contributed by atoms with E-state index in [-0.39, 0.29) is 11.8 Å². The van der Waals surface area contributed by atoms with Crippen molar-refractivity contribution in [2.45, 2.75) is 19.4 Å². The first-order valence-electron chi connectivity index (χ1n) is 10.4. The lowest BCUT2D eigenvalue weighted by molar-refractivity contribution is -0.135. The van der Waals surface area contributed by atoms with E-state index in [0.29, 0.717) is 19.0 Å². The van der Waals surface area contributed by atoms with Crippen LogP contribution in [-0.2, 0) is 16.1 Å². The van der Waals surface area contributed by atoms with E-state index in [2.05, 4.69) is 23.1 Å². The number of piperazine rings is 1. The van der Waals surface area contributed by atoms with Crippen LogP contribution in [0, 0.1) is 5.92 Å². The van der Waals surface area contributed by atoms with Gasteiger partial charge in [0, 0.05) is 45.7 Å². The van der Waals surface area contributed by atoms with E-state index >= 15 is 0 Å². The zero-order valence-corrected chi connectivity index (χ0v) is 17.3. The molecular weight excluding hydrogens is 366 g/mol. The predicted molar refractivity (Wildman–Crippen MR) is 113 cm³/mol. The number of amides is 2. The number of carbonyl (C=O) groups excluding carboxylic acids is 2. The molecule has 4 rings (SSSR count). The zero-order valence-electron chi connectivity index (χ0n) is 17.3. The van der Waals surface area contributed by atoms with E-state index < -0.39 is 0 Å². The molecule has 1 heterocycles. The van der Waals surface area contributed by atoms with E-state index in [0.717, 1.165) is 61.1 Å². The van der Waals surface area contributed by atoms with Crippen molar-refractivity contribution in [2.75, 3.05) is 46.9 Å². The Morgan fingerprint density at radius 1 is 1.03 bits per heavy atom. The molecule has 0 radical (unpaired) electrons. The minimum Gasteiger partial charge on any atom is -0.497 e. The molecule has 154 valence electrons. The lowest BCUT2D eigenvalue weighted by Crippen LogP contribution is -2.51. The Morgan fingerprint density at radius 2 is 1.72 bits per heavy atom. The van der Waals surface area contributed by atoms with Crippen LogP contribution < -0.4 is 4.74 Å². The third kappa shape index (κ3) is 4.70. The Kier molecular flexibility index (Phi) is 5.72. The molecule has 6 nitrogen and oxygen atoms in total. The molecule has 2 aromatic rings. The fraction of sp³-hybridized carbons (Fsp3) is 0.478. The molecule has 2 amide bonds. The number of rotatable bonds is 6. The SMILES string of the molecule is COc1ccc2cc(CN(C)C(=O)CN3CCN(C(=O)C4CC4)CC3)ccc2c1. The van der Waals surface area contributed by atoms with Crippen molar-refractivity contribution in [2.24, 2.45) is 5.92 Å². The summed E-state index contributed by atoms with van der Waals surface area (Å²) in [4.78, 5) is 30.7. The number of fused-ring (bicyclic) bond motifs is 1. The van der Waals surface area contributed by atoms with Gasteiger partial charge in [0.25, 0.3) is 0 Å². The van der Waals surface area contributed by atoms with Gasteiger partial charge in [-0.1, -0.05) is 18.2 Å². The quantitative estimate of drug-likeness (QED) is 0.754. The molecule has 0 spiro atoms. The lowest BCUT2D eigenvalue weighted by Gasteiger charge is -2.35. The van der Waals surface area contributed by atoms with Gasteiger partial charge >= 0.3 is 0 Å². The number of ether oxygens (including phenoxy) is 1. The van der Waals surface area contributed by atoms with Crippen LogP contribution in [0.4, 0.5) is 0 Å². The van der Waals surface area contributed by atoms with Gasteiger partial charge in [0.2, 0.25) is 11.8 Å². The largest absolute Gasteiger partial charge is 0.497 e. The lowest BCUT2D eigenvalue weighted by atomic mass is 10.1. The topological polar surface area (TPSA) is 53.1 Å². The fourth-order valence-corrected chi connectivity index (χ4v) is 3.89. The molecule has 2 aliphatic rings. The summed E-state index contributed by atoms with van der Waals surface area (Å²) in [5, 5.41) is 2.27. The molecule has 2 aromatic carbocycles. The van der Waals surface area contributed by atoms with Crippen molar-refractivity contribution >= 4 is 22.6 Å². The van der Waals surface area contributed by atoms with E-state index in [4.69, 9.17) is 4.74 Å². The molecule has 0 N–H and O–H groups in total. The second kappa shape index (κ2) is 8.41. The summed E-state index contributed by atoms with van der Waals surface area (Å²) in [7, 11) is 3.52. The van der Waals surface area contributed by atoms with Crippen molar-refractivity contribution in [1.82, 2.24) is 14.7 Å². The number of likely N-dealkylation sites (N-methyl/N-ethyl adjacent to an activating group) is 1. The van der Waals surface area contributed by atoms with Gasteiger partial charge < -0.3 is 14.5 Å². The Bertz CT molecular complexity index is 901. The number of nitrogens with zero attached hydrogens (tertiary/aromatic N) is 3. The van der Waals surface area contributed by atoms with Crippen LogP contribution in [0.1, 0.15) is 18.4 Å². The van der Waals surface area contributed by atoms with Crippen molar-refractivity contribution in [1.29, 1.82) is 0 Å². The van der Waals surface area contributed by atoms with Crippen molar-refractivity contribution in [3.8, 4) is 5.75 Å². The van der Waals surface area contributed by atoms with Gasteiger partial charge in [0.1, 0.15) is 5.75 Å². The van der Waals surface area contributed by atoms with E-state index in [1.807, 2.05) is 30.1 Å². The minimum absolute atomic E-state index is 0.113. The smallest absolute Gasteiger partial charge is 0.236 e. The van der Waals surface area contributed by atoms with Gasteiger partial charge in [-0.15, -0.1) is 0 Å². The van der Waals surface area contributed by atoms with Crippen molar-refractivity contribution in [3.05, 3.63) is 42.0 Å². The van der Waals surface area contributed by atoms with Gasteiger partial charge in [-0.25, -0.2) is 0 Å². The molecule has 0 bridgehead atoms. The summed E-state index contributed by atoms with van der Waals surface area (Å²) < 4.78 is 5.28. The highest BCUT2D eigenvalue weighted by atomic mass is 16.5. The molecule has 1 saturated heterocycles. The monoisotopic (exact) mass is 395 g/mol. The number of carbonyl (C=O) groups is 2. The molecule has 2 fully saturated rings. The van der Waals surface area contributed by atoms with Crippen molar-refractivity contribution < 1.29 is 14.3 Å². The zero-order chi connectivity index (χ0) is 20.4. The molecule has 1 saturated carbocycles. The summed E-state index contributed by atoms with van der Waals surface area (Å²) in [6.45, 7) is 4.01. The highest BCUT2D eigenvalue weighted by molar-refractivity contribution is 5.85. The Hall–Kier alpha value is -2.60. The molecule has 0 aromatic heterocycles. The number of benzene rings is 2. The Balaban J connectivity index is 1.29. The van der Waals surface area contributed by atoms with Gasteiger partial charge in [-0.3, -0.25) is 14.5 Å². The normalized spacial score (nSPS) is 17.4. The minimum atomic E-state index is 0.113. The van der Waals surface area contributed by atoms with Crippen LogP contribution in [0.15, 0.2) is 36.4 Å². The fourth-order valence-electron chi connectivity index (χ4n) is 3.89. The van der Waals surface area contributed by atoms with Gasteiger partial charge in [-0.05, 0) is 47.4 Å². The third-order valence-electron chi connectivity index (χ3n) is 5.93. The highest BCUT2D eigenvalue weighted by Crippen LogP contribution is 2.31. The molecule has 29 heavy (non-hydrogen) atoms. The molecular formula is C23H29N3O3. The Labute approximate surface area is 172 Å². The Morgan fingerprint density at radius 3 is 2.41 bits per heavy atom. The van der Waals surface area contributed by atoms with E-state index in [1.165, 1.54) is 0 Å². The maximum absolute atomic E-state index is 12.7. The average molecular weight is 396 g/mol. The first-order valence-corrected chi connectivity index (χ1v) is 10.4. The van der Waals surface area contributed by atoms with Crippen LogP contribution in [0.3, 0.4) is 0 Å². The van der Waals surface area contributed by atoms with Crippen LogP contribution >= 0.6 is 0 Å². The first-order chi connectivity index (χ1) is 14.0. The summed E-state index contributed by atoms with van der Waals surface area (Å²) in [6, 6.07) is 12.3. The van der Waals surface area contributed by atoms with Gasteiger partial charge in [0.05, 0.1) is 13.7 Å². The average Bonchev–Trinajstić information content (AvgIpc) is 3.58. The summed E-state index contributed by atoms with van der Waals surface area (Å²) in [6.07, 6.45) is 2.09. The summed E-state index contributed by atoms with van der Waals surface area (Å²) in [5.74, 6) is 1.54. The molecule has 0 atom stereocenters. The van der Waals surface area contributed by atoms with Crippen LogP contribution in [0.2, 0.25) is 0 Å². The van der Waals surface area contributed by atoms with Gasteiger partial charge in [0.15, 0.2) is 0 Å². The second-order valence-corrected chi connectivity index (χ2v) is 8.17. The van der Waals surface area contributed by atoms with Crippen LogP contribution in [0.5, 0.6) is 5.75 Å². The van der Waals surface area contributed by atoms with Crippen LogP contribution in [-0.4, -0.2) is 73.4 Å². The summed E-state index contributed by atoms with van der Waals surface area (Å²) >= 11 is 0. The standard InChI is InChI=1S/C23H29N3O3/c1-24(15-17-3-4-20-14-21(29-2)8-7-19(20)13-17)22(27)16-25-9-11-26(12-10-25)23(28)18-5-6-18/h3-4,7-8,13-14,18H,5-6,9-12,15-16H2,1-2H3. The van der Waals surface area contributed by atoms with Crippen molar-refractivity contribution in [3.63, 3.8) is 0 Å². The maximum atomic E-state index is 12.7. The van der Waals surface area contributed by atoms with E-state index in [1.54, 1.807) is 12.0 Å². The first kappa shape index (κ1) is 19.7. The maximum Gasteiger partial charge on any atom is 0.236 e. The molecule has 1 aliphatic heterocycles. The number of hydrogen-bond donors (Lipinski definition) is 0. The molecule has 0 unspecified atom stereocenters. The van der Waals surface area contributed by atoms with Crippen LogP contribution in [0.25, 0.3) is 10.8 Å². The highest BCUT2D eigenvalue weighted by Gasteiger charge is 2.34. The predicted octanol–water partition coefficient (Wildman–Crippen LogP) is 2.36. The summed E-state index contributed by atoms with van der Waals surface area (Å²) in [5.41, 5.74) is 1.11. The molecule has 1 aliphatic carbocycles. The van der Waals surface area contributed by atoms with Gasteiger partial charge in [-0.2, -0.15) is 0 Å². The molecule has 6 heteroatoms. The third-order valence-corrected chi connectivity index (χ3v) is 5.93.